The van der Waals surface area contributed by atoms with Gasteiger partial charge in [0, 0.05) is 61.7 Å². The van der Waals surface area contributed by atoms with Crippen LogP contribution in [0.15, 0.2) is 167 Å². The topological polar surface area (TPSA) is 83.7 Å². The molecule has 0 saturated carbocycles. The molecule has 8 bridgehead atoms. The Bertz CT molecular complexity index is 4930. The van der Waals surface area contributed by atoms with Crippen LogP contribution in [0.2, 0.25) is 0 Å². The summed E-state index contributed by atoms with van der Waals surface area (Å²) in [6, 6.07) is 39.0. The summed E-state index contributed by atoms with van der Waals surface area (Å²) < 4.78 is 6.05. The van der Waals surface area contributed by atoms with Crippen LogP contribution in [0.3, 0.4) is 0 Å². The number of nitrogens with zero attached hydrogens (tertiary/aromatic N) is 2. The molecule has 0 spiro atoms. The Morgan fingerprint density at radius 2 is 0.857 bits per heavy atom. The Labute approximate surface area is 536 Å². The number of nitrogens with one attached hydrogen (secondary N) is 2. The number of H-pyrrole nitrogens is 2. The lowest BCUT2D eigenvalue weighted by Gasteiger charge is -2.46. The molecular formula is C85H78N4O2. The molecule has 0 amide bonds. The monoisotopic (exact) mass is 1190 g/mol. The first-order chi connectivity index (χ1) is 43.5. The van der Waals surface area contributed by atoms with E-state index in [1.54, 1.807) is 0 Å². The van der Waals surface area contributed by atoms with Crippen LogP contribution in [0.25, 0.3) is 102 Å². The van der Waals surface area contributed by atoms with Crippen molar-refractivity contribution in [3.05, 3.63) is 257 Å². The summed E-state index contributed by atoms with van der Waals surface area (Å²) in [5.74, 6) is 6.75. The van der Waals surface area contributed by atoms with Crippen LogP contribution in [0, 0.1) is 96.8 Å². The highest BCUT2D eigenvalue weighted by Gasteiger charge is 2.45. The third kappa shape index (κ3) is 10.3. The molecule has 0 fully saturated rings. The summed E-state index contributed by atoms with van der Waals surface area (Å²) in [5.41, 5.74) is 37.8. The van der Waals surface area contributed by atoms with Gasteiger partial charge in [-0.05, 0) is 240 Å². The standard InChI is InChI=1S/C85H78N4O2/c1-46-35-49(4)74(50(5)36-46)80-68-28-26-66(86-68)78(67-27-29-69(87-67)81(75-51(6)37-47(2)38-52(75)7)71-31-33-73(89-71)82(72-32-30-70(80)88-72)76-53(8)39-48(3)40-54(76)9)55-22-24-56(25-23-55)83(90)91-34-18-19-57-41-58-42-59(84(10,11)12)44-64-61-20-16-17-21-62(61)65-45-60(85(13,14)15)43-63(57)79(65)77(58)64/h16-17,20-33,35-45,77,79,86,89H,34H2,1-15H3/t77-,79-/m0/s1. The average molecular weight is 1190 g/mol. The van der Waals surface area contributed by atoms with Gasteiger partial charge in [-0.15, -0.1) is 0 Å². The van der Waals surface area contributed by atoms with Crippen LogP contribution < -0.4 is 0 Å². The predicted molar refractivity (Wildman–Crippen MR) is 381 cm³/mol. The smallest absolute Gasteiger partial charge is 0.339 e. The normalized spacial score (nSPS) is 16.3. The molecule has 2 aliphatic heterocycles. The number of carbonyl (C=O) groups excluding carboxylic acids is 1. The fourth-order valence-electron chi connectivity index (χ4n) is 15.4. The van der Waals surface area contributed by atoms with Gasteiger partial charge in [-0.1, -0.05) is 167 Å². The zero-order valence-electron chi connectivity index (χ0n) is 55.2. The minimum atomic E-state index is -0.438. The quantitative estimate of drug-likeness (QED) is 0.128. The number of benzene rings is 5. The van der Waals surface area contributed by atoms with Crippen LogP contribution in [0.5, 0.6) is 0 Å². The van der Waals surface area contributed by atoms with Crippen molar-refractivity contribution >= 4 is 63.5 Å². The highest BCUT2D eigenvalue weighted by molar-refractivity contribution is 6.02. The number of aromatic amines is 2. The molecular weight excluding hydrogens is 1110 g/mol. The number of esters is 1. The molecule has 91 heavy (non-hydrogen) atoms. The number of rotatable bonds is 6. The van der Waals surface area contributed by atoms with E-state index in [1.165, 1.54) is 94.6 Å². The molecule has 8 aromatic rings. The van der Waals surface area contributed by atoms with Gasteiger partial charge >= 0.3 is 5.97 Å². The van der Waals surface area contributed by atoms with Gasteiger partial charge in [0.1, 0.15) is 0 Å². The van der Waals surface area contributed by atoms with Crippen molar-refractivity contribution in [1.82, 2.24) is 19.9 Å². The first kappa shape index (κ1) is 58.8. The van der Waals surface area contributed by atoms with E-state index in [9.17, 15) is 4.79 Å². The van der Waals surface area contributed by atoms with Crippen LogP contribution in [0.1, 0.15) is 136 Å². The maximum absolute atomic E-state index is 14.2. The van der Waals surface area contributed by atoms with Gasteiger partial charge in [-0.3, -0.25) is 0 Å². The summed E-state index contributed by atoms with van der Waals surface area (Å²) in [6.45, 7) is 33.4. The van der Waals surface area contributed by atoms with E-state index in [-0.39, 0.29) is 29.3 Å². The van der Waals surface area contributed by atoms with Crippen molar-refractivity contribution in [3.8, 4) is 56.3 Å². The molecule has 6 heteroatoms. The number of hydrogen-bond donors (Lipinski definition) is 2. The molecule has 5 heterocycles. The number of aromatic nitrogens is 4. The maximum Gasteiger partial charge on any atom is 0.339 e. The lowest BCUT2D eigenvalue weighted by Crippen LogP contribution is -2.33. The third-order valence-electron chi connectivity index (χ3n) is 19.3. The van der Waals surface area contributed by atoms with Crippen molar-refractivity contribution in [2.45, 2.75) is 104 Å². The largest absolute Gasteiger partial charge is 0.449 e. The molecule has 14 rings (SSSR count). The van der Waals surface area contributed by atoms with Crippen LogP contribution >= 0.6 is 0 Å². The fourth-order valence-corrected chi connectivity index (χ4v) is 15.4. The number of carbonyl (C=O) groups is 1. The molecule has 0 saturated heterocycles. The van der Waals surface area contributed by atoms with E-state index in [0.717, 1.165) is 94.9 Å². The third-order valence-corrected chi connectivity index (χ3v) is 19.3. The Morgan fingerprint density at radius 1 is 0.462 bits per heavy atom. The molecule has 0 radical (unpaired) electrons. The number of fused-ring (bicyclic) bond motifs is 11. The molecule has 2 N–H and O–H groups in total. The first-order valence-electron chi connectivity index (χ1n) is 32.1. The molecule has 2 atom stereocenters. The number of hydrogen-bond acceptors (Lipinski definition) is 4. The Morgan fingerprint density at radius 3 is 1.29 bits per heavy atom. The van der Waals surface area contributed by atoms with E-state index in [0.29, 0.717) is 5.56 Å². The van der Waals surface area contributed by atoms with Gasteiger partial charge < -0.3 is 14.7 Å². The molecule has 6 aliphatic rings. The highest BCUT2D eigenvalue weighted by Crippen LogP contribution is 2.59. The van der Waals surface area contributed by atoms with Gasteiger partial charge in [-0.2, -0.15) is 0 Å². The predicted octanol–water partition coefficient (Wildman–Crippen LogP) is 21.2. The first-order valence-corrected chi connectivity index (χ1v) is 32.1. The SMILES string of the molecule is Cc1cc(C)c(-c2c3nc(c(-c4c(C)cc(C)cc4C)c4ccc([nH]4)c(-c4c(C)cc(C)cc4C)c4nc(c(-c5ccc(C(=O)OCC#CC6=C7C=C(C(C)(C)C)C=C8c9ccccc9C9=CC(C(C)(C)C)=CC(=C6)[C@@H]9[C@H]87)cc5)c5ccc2[nH]5)C=C4)C=C3)c(C)c1. The highest BCUT2D eigenvalue weighted by atomic mass is 16.5. The summed E-state index contributed by atoms with van der Waals surface area (Å²) in [6.07, 6.45) is 20.6. The zero-order chi connectivity index (χ0) is 63.7. The van der Waals surface area contributed by atoms with Gasteiger partial charge in [-0.25, -0.2) is 14.8 Å². The Kier molecular flexibility index (Phi) is 14.2. The average Bonchev–Trinajstić information content (AvgIpc) is 1.39. The lowest BCUT2D eigenvalue weighted by molar-refractivity contribution is 0.0556. The van der Waals surface area contributed by atoms with Gasteiger partial charge in [0.25, 0.3) is 0 Å². The van der Waals surface area contributed by atoms with Crippen molar-refractivity contribution in [3.63, 3.8) is 0 Å². The second-order valence-corrected chi connectivity index (χ2v) is 28.2. The molecule has 0 unspecified atom stereocenters. The van der Waals surface area contributed by atoms with Gasteiger partial charge in [0.15, 0.2) is 6.61 Å². The summed E-state index contributed by atoms with van der Waals surface area (Å²) in [5, 5.41) is 0. The second kappa shape index (κ2) is 22.0. The summed E-state index contributed by atoms with van der Waals surface area (Å²) in [4.78, 5) is 33.5. The van der Waals surface area contributed by atoms with E-state index < -0.39 is 5.97 Å². The molecule has 450 valence electrons. The number of ether oxygens (including phenoxy) is 1. The molecule has 4 aliphatic carbocycles. The van der Waals surface area contributed by atoms with E-state index in [4.69, 9.17) is 14.7 Å². The Hall–Kier alpha value is -9.83. The van der Waals surface area contributed by atoms with Crippen molar-refractivity contribution < 1.29 is 9.53 Å². The molecule has 6 nitrogen and oxygen atoms in total. The van der Waals surface area contributed by atoms with E-state index in [2.05, 4.69) is 265 Å². The van der Waals surface area contributed by atoms with Gasteiger partial charge in [0.2, 0.25) is 0 Å². The van der Waals surface area contributed by atoms with E-state index >= 15 is 0 Å². The van der Waals surface area contributed by atoms with Gasteiger partial charge in [0.05, 0.1) is 28.3 Å². The van der Waals surface area contributed by atoms with Crippen LogP contribution in [0.4, 0.5) is 0 Å². The van der Waals surface area contributed by atoms with Crippen LogP contribution in [-0.2, 0) is 4.74 Å². The zero-order valence-corrected chi connectivity index (χ0v) is 55.2. The summed E-state index contributed by atoms with van der Waals surface area (Å²) in [7, 11) is 0. The van der Waals surface area contributed by atoms with Crippen molar-refractivity contribution in [2.75, 3.05) is 6.61 Å². The van der Waals surface area contributed by atoms with Crippen molar-refractivity contribution in [1.29, 1.82) is 0 Å². The van der Waals surface area contributed by atoms with Crippen LogP contribution in [-0.4, -0.2) is 32.5 Å². The lowest BCUT2D eigenvalue weighted by atomic mass is 9.57. The minimum Gasteiger partial charge on any atom is -0.449 e. The number of allylic oxidation sites excluding steroid dienone is 12. The molecule has 3 aromatic heterocycles. The summed E-state index contributed by atoms with van der Waals surface area (Å²) >= 11 is 0. The number of aryl methyl sites for hydroxylation is 9. The van der Waals surface area contributed by atoms with E-state index in [1.807, 2.05) is 24.3 Å². The fraction of sp³-hybridized carbons (Fsp3) is 0.235. The second-order valence-electron chi connectivity index (χ2n) is 28.2. The minimum absolute atomic E-state index is 0.0447. The molecule has 5 aromatic carbocycles. The Balaban J connectivity index is 0.896. The van der Waals surface area contributed by atoms with Crippen molar-refractivity contribution in [2.24, 2.45) is 22.7 Å². The maximum atomic E-state index is 14.2.